The molecule has 0 saturated carbocycles. The molecule has 2 aromatic rings. The number of pyridine rings is 1. The SMILES string of the molecule is C=CC(=O)N1C[C@H]2C[C@@H]1CN2c1c(F)cnc2[nH]cc(C3CCOCC3)c12. The Morgan fingerprint density at radius 1 is 1.33 bits per heavy atom. The van der Waals surface area contributed by atoms with Gasteiger partial charge in [0.15, 0.2) is 5.82 Å². The minimum absolute atomic E-state index is 0.0352. The average Bonchev–Trinajstić information content (AvgIpc) is 3.41. The summed E-state index contributed by atoms with van der Waals surface area (Å²) in [6.07, 6.45) is 7.41. The molecule has 5 rings (SSSR count). The van der Waals surface area contributed by atoms with Gasteiger partial charge in [-0.05, 0) is 36.8 Å². The predicted octanol–water partition coefficient (Wildman–Crippen LogP) is 2.57. The highest BCUT2D eigenvalue weighted by Gasteiger charge is 2.46. The van der Waals surface area contributed by atoms with Crippen molar-refractivity contribution in [3.05, 3.63) is 36.4 Å². The van der Waals surface area contributed by atoms with Gasteiger partial charge in [-0.1, -0.05) is 6.58 Å². The Labute approximate surface area is 157 Å². The highest BCUT2D eigenvalue weighted by Crippen LogP contribution is 2.42. The summed E-state index contributed by atoms with van der Waals surface area (Å²) >= 11 is 0. The van der Waals surface area contributed by atoms with Crippen LogP contribution in [0.2, 0.25) is 0 Å². The first kappa shape index (κ1) is 16.7. The van der Waals surface area contributed by atoms with E-state index in [0.717, 1.165) is 49.1 Å². The molecule has 7 heteroatoms. The number of piperazine rings is 1. The van der Waals surface area contributed by atoms with Gasteiger partial charge in [0.1, 0.15) is 5.65 Å². The van der Waals surface area contributed by atoms with Gasteiger partial charge in [-0.3, -0.25) is 4.79 Å². The topological polar surface area (TPSA) is 61.5 Å². The third-order valence-electron chi connectivity index (χ3n) is 6.31. The van der Waals surface area contributed by atoms with Gasteiger partial charge in [0.2, 0.25) is 5.91 Å². The maximum atomic E-state index is 15.0. The van der Waals surface area contributed by atoms with Crippen LogP contribution in [-0.4, -0.2) is 59.2 Å². The molecule has 6 nitrogen and oxygen atoms in total. The van der Waals surface area contributed by atoms with Crippen molar-refractivity contribution in [2.24, 2.45) is 0 Å². The third kappa shape index (κ3) is 2.56. The Balaban J connectivity index is 1.54. The zero-order chi connectivity index (χ0) is 18.5. The molecular formula is C20H23FN4O2. The number of halogens is 1. The molecule has 3 aliphatic heterocycles. The highest BCUT2D eigenvalue weighted by molar-refractivity contribution is 5.94. The van der Waals surface area contributed by atoms with E-state index < -0.39 is 0 Å². The van der Waals surface area contributed by atoms with Crippen molar-refractivity contribution in [1.82, 2.24) is 14.9 Å². The average molecular weight is 370 g/mol. The van der Waals surface area contributed by atoms with E-state index in [2.05, 4.69) is 21.4 Å². The maximum Gasteiger partial charge on any atom is 0.246 e. The normalized spacial score (nSPS) is 25.5. The molecule has 0 radical (unpaired) electrons. The van der Waals surface area contributed by atoms with E-state index in [-0.39, 0.29) is 23.8 Å². The molecule has 1 N–H and O–H groups in total. The number of nitrogens with one attached hydrogen (secondary N) is 1. The van der Waals surface area contributed by atoms with Gasteiger partial charge in [-0.2, -0.15) is 0 Å². The number of H-pyrrole nitrogens is 1. The van der Waals surface area contributed by atoms with Crippen LogP contribution in [0, 0.1) is 5.82 Å². The highest BCUT2D eigenvalue weighted by atomic mass is 19.1. The molecular weight excluding hydrogens is 347 g/mol. The lowest BCUT2D eigenvalue weighted by Gasteiger charge is -2.36. The number of ether oxygens (including phenoxy) is 1. The number of carbonyl (C=O) groups is 1. The van der Waals surface area contributed by atoms with E-state index in [0.29, 0.717) is 24.7 Å². The van der Waals surface area contributed by atoms with E-state index >= 15 is 4.39 Å². The number of amides is 1. The molecule has 5 heterocycles. The van der Waals surface area contributed by atoms with Crippen molar-refractivity contribution in [2.75, 3.05) is 31.2 Å². The number of likely N-dealkylation sites (tertiary alicyclic amines) is 1. The quantitative estimate of drug-likeness (QED) is 0.844. The first-order valence-electron chi connectivity index (χ1n) is 9.60. The predicted molar refractivity (Wildman–Crippen MR) is 100 cm³/mol. The molecule has 0 spiro atoms. The van der Waals surface area contributed by atoms with E-state index in [4.69, 9.17) is 4.74 Å². The Kier molecular flexibility index (Phi) is 3.93. The number of anilines is 1. The monoisotopic (exact) mass is 370 g/mol. The minimum Gasteiger partial charge on any atom is -0.381 e. The summed E-state index contributed by atoms with van der Waals surface area (Å²) < 4.78 is 20.5. The Bertz CT molecular complexity index is 905. The first-order chi connectivity index (χ1) is 13.2. The fourth-order valence-corrected chi connectivity index (χ4v) is 5.02. The number of fused-ring (bicyclic) bond motifs is 3. The number of aromatic amines is 1. The van der Waals surface area contributed by atoms with Gasteiger partial charge >= 0.3 is 0 Å². The second-order valence-corrected chi connectivity index (χ2v) is 7.70. The Hall–Kier alpha value is -2.41. The van der Waals surface area contributed by atoms with Crippen LogP contribution in [0.1, 0.15) is 30.7 Å². The second-order valence-electron chi connectivity index (χ2n) is 7.70. The summed E-state index contributed by atoms with van der Waals surface area (Å²) in [4.78, 5) is 23.6. The zero-order valence-corrected chi connectivity index (χ0v) is 15.2. The van der Waals surface area contributed by atoms with Gasteiger partial charge < -0.3 is 19.5 Å². The second kappa shape index (κ2) is 6.34. The molecule has 2 atom stereocenters. The number of hydrogen-bond acceptors (Lipinski definition) is 4. The lowest BCUT2D eigenvalue weighted by Crippen LogP contribution is -2.48. The van der Waals surface area contributed by atoms with Crippen LogP contribution in [-0.2, 0) is 9.53 Å². The molecule has 2 bridgehead atoms. The van der Waals surface area contributed by atoms with Gasteiger partial charge in [0, 0.05) is 43.9 Å². The Morgan fingerprint density at radius 3 is 2.85 bits per heavy atom. The molecule has 3 aliphatic rings. The zero-order valence-electron chi connectivity index (χ0n) is 15.2. The lowest BCUT2D eigenvalue weighted by molar-refractivity contribution is -0.127. The maximum absolute atomic E-state index is 15.0. The number of hydrogen-bond donors (Lipinski definition) is 1. The molecule has 0 aliphatic carbocycles. The van der Waals surface area contributed by atoms with Crippen LogP contribution in [0.4, 0.5) is 10.1 Å². The molecule has 3 fully saturated rings. The summed E-state index contributed by atoms with van der Waals surface area (Å²) in [5.41, 5.74) is 2.51. The van der Waals surface area contributed by atoms with Gasteiger partial charge in [-0.15, -0.1) is 0 Å². The smallest absolute Gasteiger partial charge is 0.246 e. The van der Waals surface area contributed by atoms with Crippen LogP contribution >= 0.6 is 0 Å². The van der Waals surface area contributed by atoms with E-state index in [1.807, 2.05) is 11.1 Å². The minimum atomic E-state index is -0.287. The van der Waals surface area contributed by atoms with Gasteiger partial charge in [-0.25, -0.2) is 9.37 Å². The number of rotatable bonds is 3. The van der Waals surface area contributed by atoms with Crippen molar-refractivity contribution >= 4 is 22.6 Å². The van der Waals surface area contributed by atoms with Crippen molar-refractivity contribution in [2.45, 2.75) is 37.3 Å². The number of carbonyl (C=O) groups excluding carboxylic acids is 1. The van der Waals surface area contributed by atoms with Crippen molar-refractivity contribution in [1.29, 1.82) is 0 Å². The van der Waals surface area contributed by atoms with Gasteiger partial charge in [0.05, 0.1) is 17.9 Å². The van der Waals surface area contributed by atoms with E-state index in [1.54, 1.807) is 0 Å². The van der Waals surface area contributed by atoms with Crippen molar-refractivity contribution < 1.29 is 13.9 Å². The standard InChI is InChI=1S/C20H23FN4O2/c1-2-17(26)24-10-14-7-13(24)11-25(14)19-16(21)9-23-20-18(19)15(8-22-20)12-3-5-27-6-4-12/h2,8-9,12-14H,1,3-7,10-11H2,(H,22,23)/t13-,14-/m1/s1. The molecule has 0 aromatic carbocycles. The number of aromatic nitrogens is 2. The van der Waals surface area contributed by atoms with Crippen LogP contribution in [0.3, 0.4) is 0 Å². The molecule has 0 unspecified atom stereocenters. The van der Waals surface area contributed by atoms with Crippen LogP contribution < -0.4 is 4.90 Å². The van der Waals surface area contributed by atoms with Gasteiger partial charge in [0.25, 0.3) is 0 Å². The summed E-state index contributed by atoms with van der Waals surface area (Å²) in [7, 11) is 0. The fourth-order valence-electron chi connectivity index (χ4n) is 5.02. The first-order valence-corrected chi connectivity index (χ1v) is 9.60. The van der Waals surface area contributed by atoms with E-state index in [9.17, 15) is 4.79 Å². The molecule has 2 aromatic heterocycles. The van der Waals surface area contributed by atoms with Crippen LogP contribution in [0.25, 0.3) is 11.0 Å². The number of nitrogens with zero attached hydrogens (tertiary/aromatic N) is 3. The fraction of sp³-hybridized carbons (Fsp3) is 0.500. The van der Waals surface area contributed by atoms with Crippen molar-refractivity contribution in [3.63, 3.8) is 0 Å². The summed E-state index contributed by atoms with van der Waals surface area (Å²) in [6, 6.07) is 0.255. The van der Waals surface area contributed by atoms with Crippen LogP contribution in [0.15, 0.2) is 25.0 Å². The van der Waals surface area contributed by atoms with Crippen LogP contribution in [0.5, 0.6) is 0 Å². The molecule has 3 saturated heterocycles. The summed E-state index contributed by atoms with van der Waals surface area (Å²) in [5, 5.41) is 0.899. The van der Waals surface area contributed by atoms with Crippen molar-refractivity contribution in [3.8, 4) is 0 Å². The molecule has 142 valence electrons. The van der Waals surface area contributed by atoms with E-state index in [1.165, 1.54) is 12.3 Å². The molecule has 1 amide bonds. The summed E-state index contributed by atoms with van der Waals surface area (Å²) in [6.45, 7) is 6.34. The largest absolute Gasteiger partial charge is 0.381 e. The lowest BCUT2D eigenvalue weighted by atomic mass is 9.91. The Morgan fingerprint density at radius 2 is 2.15 bits per heavy atom. The summed E-state index contributed by atoms with van der Waals surface area (Å²) in [5.74, 6) is 0.0325. The third-order valence-corrected chi connectivity index (χ3v) is 6.31. The molecule has 27 heavy (non-hydrogen) atoms.